The second kappa shape index (κ2) is 7.72. The van der Waals surface area contributed by atoms with Crippen LogP contribution >= 0.6 is 11.3 Å². The van der Waals surface area contributed by atoms with Gasteiger partial charge in [-0.25, -0.2) is 4.98 Å². The molecule has 1 N–H and O–H groups in total. The highest BCUT2D eigenvalue weighted by Gasteiger charge is 2.25. The fourth-order valence-corrected chi connectivity index (χ4v) is 3.58. The standard InChI is InChI=1S/C17H23N5OS/c1-13-12-18-5-4-15(13)22-8-3-7-21(9-10-22)14(2)16(23)20-17-19-6-11-24-17/h4-6,11-12,14H,3,7-10H2,1-2H3,(H,19,20,23)/t14-/m0/s1. The molecule has 0 bridgehead atoms. The van der Waals surface area contributed by atoms with E-state index in [0.29, 0.717) is 5.13 Å². The molecular weight excluding hydrogens is 322 g/mol. The highest BCUT2D eigenvalue weighted by molar-refractivity contribution is 7.13. The second-order valence-corrected chi connectivity index (χ2v) is 6.94. The Morgan fingerprint density at radius 2 is 2.17 bits per heavy atom. The van der Waals surface area contributed by atoms with Gasteiger partial charge in [0, 0.05) is 55.8 Å². The molecule has 2 aromatic heterocycles. The summed E-state index contributed by atoms with van der Waals surface area (Å²) in [5.41, 5.74) is 2.44. The van der Waals surface area contributed by atoms with Gasteiger partial charge in [0.1, 0.15) is 0 Å². The number of nitrogens with zero attached hydrogens (tertiary/aromatic N) is 4. The minimum atomic E-state index is -0.160. The van der Waals surface area contributed by atoms with Crippen LogP contribution in [0.15, 0.2) is 30.0 Å². The molecule has 1 atom stereocenters. The fraction of sp³-hybridized carbons (Fsp3) is 0.471. The summed E-state index contributed by atoms with van der Waals surface area (Å²) in [6.07, 6.45) is 6.49. The van der Waals surface area contributed by atoms with Crippen LogP contribution in [0.4, 0.5) is 10.8 Å². The van der Waals surface area contributed by atoms with Crippen molar-refractivity contribution in [1.29, 1.82) is 0 Å². The van der Waals surface area contributed by atoms with E-state index in [9.17, 15) is 4.79 Å². The highest BCUT2D eigenvalue weighted by Crippen LogP contribution is 2.21. The average Bonchev–Trinajstić information content (AvgIpc) is 2.97. The van der Waals surface area contributed by atoms with E-state index < -0.39 is 0 Å². The first-order chi connectivity index (χ1) is 11.6. The molecule has 0 aliphatic carbocycles. The van der Waals surface area contributed by atoms with Crippen LogP contribution in [-0.4, -0.2) is 53.0 Å². The Hall–Kier alpha value is -1.99. The molecule has 0 radical (unpaired) electrons. The van der Waals surface area contributed by atoms with Crippen molar-refractivity contribution in [2.24, 2.45) is 0 Å². The van der Waals surface area contributed by atoms with Crippen molar-refractivity contribution in [2.45, 2.75) is 26.3 Å². The molecule has 6 nitrogen and oxygen atoms in total. The van der Waals surface area contributed by atoms with Crippen LogP contribution < -0.4 is 10.2 Å². The van der Waals surface area contributed by atoms with Gasteiger partial charge in [0.25, 0.3) is 0 Å². The molecule has 3 rings (SSSR count). The van der Waals surface area contributed by atoms with E-state index in [-0.39, 0.29) is 11.9 Å². The van der Waals surface area contributed by atoms with E-state index in [4.69, 9.17) is 0 Å². The van der Waals surface area contributed by atoms with Crippen molar-refractivity contribution in [2.75, 3.05) is 36.4 Å². The van der Waals surface area contributed by atoms with Crippen LogP contribution in [0.25, 0.3) is 0 Å². The molecular formula is C17H23N5OS. The van der Waals surface area contributed by atoms with Crippen LogP contribution in [-0.2, 0) is 4.79 Å². The minimum absolute atomic E-state index is 0.0125. The van der Waals surface area contributed by atoms with Crippen molar-refractivity contribution in [3.8, 4) is 0 Å². The van der Waals surface area contributed by atoms with Gasteiger partial charge in [-0.15, -0.1) is 11.3 Å². The number of hydrogen-bond acceptors (Lipinski definition) is 6. The lowest BCUT2D eigenvalue weighted by Crippen LogP contribution is -2.44. The van der Waals surface area contributed by atoms with Gasteiger partial charge in [-0.1, -0.05) is 0 Å². The first kappa shape index (κ1) is 16.9. The molecule has 3 heterocycles. The molecule has 128 valence electrons. The first-order valence-corrected chi connectivity index (χ1v) is 9.13. The van der Waals surface area contributed by atoms with Crippen LogP contribution in [0, 0.1) is 6.92 Å². The molecule has 7 heteroatoms. The molecule has 1 aliphatic heterocycles. The van der Waals surface area contributed by atoms with Gasteiger partial charge in [0.2, 0.25) is 5.91 Å². The van der Waals surface area contributed by atoms with E-state index in [1.165, 1.54) is 22.6 Å². The molecule has 1 aliphatic rings. The average molecular weight is 345 g/mol. The van der Waals surface area contributed by atoms with Crippen molar-refractivity contribution >= 4 is 28.1 Å². The largest absolute Gasteiger partial charge is 0.370 e. The number of thiazole rings is 1. The van der Waals surface area contributed by atoms with E-state index in [1.807, 2.05) is 24.7 Å². The Morgan fingerprint density at radius 3 is 2.92 bits per heavy atom. The lowest BCUT2D eigenvalue weighted by atomic mass is 10.2. The number of carbonyl (C=O) groups is 1. The molecule has 2 aromatic rings. The third kappa shape index (κ3) is 3.91. The molecule has 1 amide bonds. The van der Waals surface area contributed by atoms with Gasteiger partial charge in [-0.3, -0.25) is 14.7 Å². The number of aryl methyl sites for hydroxylation is 1. The highest BCUT2D eigenvalue weighted by atomic mass is 32.1. The Balaban J connectivity index is 1.60. The zero-order valence-electron chi connectivity index (χ0n) is 14.1. The number of amides is 1. The molecule has 0 unspecified atom stereocenters. The van der Waals surface area contributed by atoms with Crippen LogP contribution in [0.2, 0.25) is 0 Å². The third-order valence-electron chi connectivity index (χ3n) is 4.45. The summed E-state index contributed by atoms with van der Waals surface area (Å²) < 4.78 is 0. The van der Waals surface area contributed by atoms with Gasteiger partial charge in [0.05, 0.1) is 6.04 Å². The Morgan fingerprint density at radius 1 is 1.29 bits per heavy atom. The number of hydrogen-bond donors (Lipinski definition) is 1. The van der Waals surface area contributed by atoms with E-state index in [1.54, 1.807) is 6.20 Å². The first-order valence-electron chi connectivity index (χ1n) is 8.25. The Labute approximate surface area is 146 Å². The number of nitrogens with one attached hydrogen (secondary N) is 1. The van der Waals surface area contributed by atoms with Crippen LogP contribution in [0.5, 0.6) is 0 Å². The molecule has 1 saturated heterocycles. The van der Waals surface area contributed by atoms with E-state index in [2.05, 4.69) is 38.1 Å². The summed E-state index contributed by atoms with van der Waals surface area (Å²) in [7, 11) is 0. The van der Waals surface area contributed by atoms with E-state index in [0.717, 1.165) is 32.6 Å². The maximum Gasteiger partial charge on any atom is 0.243 e. The summed E-state index contributed by atoms with van der Waals surface area (Å²) in [4.78, 5) is 25.3. The summed E-state index contributed by atoms with van der Waals surface area (Å²) in [5, 5.41) is 5.42. The fourth-order valence-electron chi connectivity index (χ4n) is 3.05. The van der Waals surface area contributed by atoms with Gasteiger partial charge in [-0.2, -0.15) is 0 Å². The van der Waals surface area contributed by atoms with Gasteiger partial charge >= 0.3 is 0 Å². The zero-order valence-corrected chi connectivity index (χ0v) is 14.9. The topological polar surface area (TPSA) is 61.4 Å². The smallest absolute Gasteiger partial charge is 0.243 e. The quantitative estimate of drug-likeness (QED) is 0.922. The minimum Gasteiger partial charge on any atom is -0.370 e. The van der Waals surface area contributed by atoms with Gasteiger partial charge in [0.15, 0.2) is 5.13 Å². The number of aromatic nitrogens is 2. The second-order valence-electron chi connectivity index (χ2n) is 6.04. The Kier molecular flexibility index (Phi) is 5.42. The normalized spacial score (nSPS) is 17.3. The summed E-state index contributed by atoms with van der Waals surface area (Å²) in [6, 6.07) is 1.91. The maximum atomic E-state index is 12.4. The van der Waals surface area contributed by atoms with Gasteiger partial charge in [-0.05, 0) is 31.9 Å². The van der Waals surface area contributed by atoms with Crippen molar-refractivity contribution in [3.05, 3.63) is 35.6 Å². The van der Waals surface area contributed by atoms with Crippen LogP contribution in [0.3, 0.4) is 0 Å². The number of anilines is 2. The third-order valence-corrected chi connectivity index (χ3v) is 5.14. The predicted molar refractivity (Wildman–Crippen MR) is 97.6 cm³/mol. The molecule has 0 spiro atoms. The van der Waals surface area contributed by atoms with Crippen molar-refractivity contribution < 1.29 is 4.79 Å². The summed E-state index contributed by atoms with van der Waals surface area (Å²) in [5.74, 6) is 0.0125. The predicted octanol–water partition coefficient (Wildman–Crippen LogP) is 2.39. The lowest BCUT2D eigenvalue weighted by Gasteiger charge is -2.27. The summed E-state index contributed by atoms with van der Waals surface area (Å²) in [6.45, 7) is 7.77. The molecule has 1 fully saturated rings. The SMILES string of the molecule is Cc1cnccc1N1CCCN([C@@H](C)C(=O)Nc2nccs2)CC1. The van der Waals surface area contributed by atoms with Crippen LogP contribution in [0.1, 0.15) is 18.9 Å². The number of rotatable bonds is 4. The summed E-state index contributed by atoms with van der Waals surface area (Å²) >= 11 is 1.44. The van der Waals surface area contributed by atoms with Gasteiger partial charge < -0.3 is 10.2 Å². The monoisotopic (exact) mass is 345 g/mol. The molecule has 0 saturated carbocycles. The molecule has 24 heavy (non-hydrogen) atoms. The zero-order chi connectivity index (χ0) is 16.9. The Bertz CT molecular complexity index is 675. The lowest BCUT2D eigenvalue weighted by molar-refractivity contribution is -0.120. The van der Waals surface area contributed by atoms with E-state index >= 15 is 0 Å². The number of carbonyl (C=O) groups excluding carboxylic acids is 1. The maximum absolute atomic E-state index is 12.4. The van der Waals surface area contributed by atoms with Crippen molar-refractivity contribution in [1.82, 2.24) is 14.9 Å². The van der Waals surface area contributed by atoms with Crippen molar-refractivity contribution in [3.63, 3.8) is 0 Å². The molecule has 0 aromatic carbocycles. The number of pyridine rings is 1.